The number of ether oxygens (including phenoxy) is 1. The van der Waals surface area contributed by atoms with Crippen LogP contribution in [0.25, 0.3) is 0 Å². The van der Waals surface area contributed by atoms with E-state index in [0.717, 1.165) is 0 Å². The van der Waals surface area contributed by atoms with Gasteiger partial charge in [0, 0.05) is 24.7 Å². The molecular formula is C16H22F2N2O2. The molecule has 1 aliphatic rings. The molecule has 1 saturated heterocycles. The minimum Gasteiger partial charge on any atom is -0.444 e. The van der Waals surface area contributed by atoms with Crippen LogP contribution >= 0.6 is 0 Å². The van der Waals surface area contributed by atoms with E-state index in [1.165, 1.54) is 23.1 Å². The first kappa shape index (κ1) is 16.7. The van der Waals surface area contributed by atoms with E-state index in [4.69, 9.17) is 10.5 Å². The van der Waals surface area contributed by atoms with Crippen molar-refractivity contribution in [1.29, 1.82) is 0 Å². The van der Waals surface area contributed by atoms with Crippen molar-refractivity contribution in [3.05, 3.63) is 35.4 Å². The summed E-state index contributed by atoms with van der Waals surface area (Å²) in [7, 11) is 0. The molecule has 2 rings (SSSR count). The Hall–Kier alpha value is -1.69. The van der Waals surface area contributed by atoms with Gasteiger partial charge in [-0.15, -0.1) is 0 Å². The fraction of sp³-hybridized carbons (Fsp3) is 0.562. The van der Waals surface area contributed by atoms with E-state index in [1.807, 2.05) is 0 Å². The van der Waals surface area contributed by atoms with Gasteiger partial charge >= 0.3 is 6.09 Å². The molecule has 2 unspecified atom stereocenters. The first-order chi connectivity index (χ1) is 10.2. The summed E-state index contributed by atoms with van der Waals surface area (Å²) in [4.78, 5) is 13.6. The monoisotopic (exact) mass is 312 g/mol. The van der Waals surface area contributed by atoms with Crippen molar-refractivity contribution >= 4 is 6.09 Å². The summed E-state index contributed by atoms with van der Waals surface area (Å²) in [6, 6.07) is 2.91. The Morgan fingerprint density at radius 1 is 1.36 bits per heavy atom. The number of hydrogen-bond acceptors (Lipinski definition) is 3. The molecule has 1 aromatic carbocycles. The fourth-order valence-electron chi connectivity index (χ4n) is 2.64. The number of carbonyl (C=O) groups is 1. The number of halogens is 2. The Kier molecular flexibility index (Phi) is 4.70. The maximum Gasteiger partial charge on any atom is 0.410 e. The minimum atomic E-state index is -0.784. The zero-order chi connectivity index (χ0) is 16.5. The summed E-state index contributed by atoms with van der Waals surface area (Å²) >= 11 is 0. The van der Waals surface area contributed by atoms with Crippen molar-refractivity contribution in [1.82, 2.24) is 4.90 Å². The fourth-order valence-corrected chi connectivity index (χ4v) is 2.64. The van der Waals surface area contributed by atoms with Crippen molar-refractivity contribution in [3.8, 4) is 0 Å². The van der Waals surface area contributed by atoms with Gasteiger partial charge in [0.05, 0.1) is 0 Å². The molecule has 1 amide bonds. The zero-order valence-corrected chi connectivity index (χ0v) is 13.1. The first-order valence-electron chi connectivity index (χ1n) is 7.36. The molecule has 22 heavy (non-hydrogen) atoms. The molecule has 122 valence electrons. The highest BCUT2D eigenvalue weighted by atomic mass is 19.1. The SMILES string of the molecule is CC(C)(C)OC(=O)N1CCC(C(N)c2c(F)cccc2F)C1. The van der Waals surface area contributed by atoms with Crippen LogP contribution in [0, 0.1) is 17.6 Å². The molecule has 0 aromatic heterocycles. The van der Waals surface area contributed by atoms with Crippen LogP contribution in [-0.2, 0) is 4.74 Å². The third-order valence-corrected chi connectivity index (χ3v) is 3.72. The maximum absolute atomic E-state index is 13.8. The van der Waals surface area contributed by atoms with E-state index >= 15 is 0 Å². The van der Waals surface area contributed by atoms with E-state index < -0.39 is 29.4 Å². The lowest BCUT2D eigenvalue weighted by atomic mass is 9.92. The van der Waals surface area contributed by atoms with Crippen LogP contribution < -0.4 is 5.73 Å². The number of rotatable bonds is 2. The van der Waals surface area contributed by atoms with E-state index in [0.29, 0.717) is 19.5 Å². The largest absolute Gasteiger partial charge is 0.444 e. The highest BCUT2D eigenvalue weighted by Crippen LogP contribution is 2.31. The van der Waals surface area contributed by atoms with Gasteiger partial charge in [-0.3, -0.25) is 0 Å². The van der Waals surface area contributed by atoms with Crippen molar-refractivity contribution in [3.63, 3.8) is 0 Å². The lowest BCUT2D eigenvalue weighted by Gasteiger charge is -2.25. The molecular weight excluding hydrogens is 290 g/mol. The van der Waals surface area contributed by atoms with E-state index in [1.54, 1.807) is 20.8 Å². The van der Waals surface area contributed by atoms with Crippen LogP contribution in [0.5, 0.6) is 0 Å². The van der Waals surface area contributed by atoms with Crippen molar-refractivity contribution in [2.24, 2.45) is 11.7 Å². The summed E-state index contributed by atoms with van der Waals surface area (Å²) in [5.74, 6) is -1.50. The van der Waals surface area contributed by atoms with Crippen LogP contribution in [0.4, 0.5) is 13.6 Å². The molecule has 1 fully saturated rings. The average Bonchev–Trinajstić information content (AvgIpc) is 2.85. The minimum absolute atomic E-state index is 0.112. The molecule has 1 aliphatic heterocycles. The number of amides is 1. The molecule has 2 N–H and O–H groups in total. The van der Waals surface area contributed by atoms with Gasteiger partial charge in [0.1, 0.15) is 17.2 Å². The molecule has 0 radical (unpaired) electrons. The number of nitrogens with two attached hydrogens (primary N) is 1. The molecule has 1 heterocycles. The summed E-state index contributed by atoms with van der Waals surface area (Å²) in [6.07, 6.45) is 0.171. The molecule has 0 aliphatic carbocycles. The number of nitrogens with zero attached hydrogens (tertiary/aromatic N) is 1. The first-order valence-corrected chi connectivity index (χ1v) is 7.36. The smallest absolute Gasteiger partial charge is 0.410 e. The third-order valence-electron chi connectivity index (χ3n) is 3.72. The predicted molar refractivity (Wildman–Crippen MR) is 79.2 cm³/mol. The predicted octanol–water partition coefficient (Wildman–Crippen LogP) is 3.22. The lowest BCUT2D eigenvalue weighted by molar-refractivity contribution is 0.0286. The van der Waals surface area contributed by atoms with E-state index in [2.05, 4.69) is 0 Å². The van der Waals surface area contributed by atoms with Crippen molar-refractivity contribution in [2.75, 3.05) is 13.1 Å². The third kappa shape index (κ3) is 3.74. The molecule has 0 saturated carbocycles. The second-order valence-corrected chi connectivity index (χ2v) is 6.64. The van der Waals surface area contributed by atoms with Crippen molar-refractivity contribution < 1.29 is 18.3 Å². The second-order valence-electron chi connectivity index (χ2n) is 6.64. The van der Waals surface area contributed by atoms with Crippen LogP contribution in [0.1, 0.15) is 38.8 Å². The van der Waals surface area contributed by atoms with E-state index in [9.17, 15) is 13.6 Å². The van der Waals surface area contributed by atoms with Gasteiger partial charge in [-0.25, -0.2) is 13.6 Å². The highest BCUT2D eigenvalue weighted by Gasteiger charge is 2.35. The standard InChI is InChI=1S/C16H22F2N2O2/c1-16(2,3)22-15(21)20-8-7-10(9-20)14(19)13-11(17)5-4-6-12(13)18/h4-6,10,14H,7-9,19H2,1-3H3. The summed E-state index contributed by atoms with van der Waals surface area (Å²) in [5, 5.41) is 0. The molecule has 1 aromatic rings. The van der Waals surface area contributed by atoms with Gasteiger partial charge in [0.2, 0.25) is 0 Å². The molecule has 0 bridgehead atoms. The maximum atomic E-state index is 13.8. The molecule has 6 heteroatoms. The Balaban J connectivity index is 2.05. The molecule has 0 spiro atoms. The Morgan fingerprint density at radius 3 is 2.50 bits per heavy atom. The summed E-state index contributed by atoms with van der Waals surface area (Å²) in [5.41, 5.74) is 5.35. The van der Waals surface area contributed by atoms with Gasteiger partial charge in [0.15, 0.2) is 0 Å². The normalized spacial score (nSPS) is 20.1. The zero-order valence-electron chi connectivity index (χ0n) is 13.1. The quantitative estimate of drug-likeness (QED) is 0.912. The highest BCUT2D eigenvalue weighted by molar-refractivity contribution is 5.68. The Labute approximate surface area is 129 Å². The van der Waals surface area contributed by atoms with Gasteiger partial charge in [-0.2, -0.15) is 0 Å². The number of likely N-dealkylation sites (tertiary alicyclic amines) is 1. The van der Waals surface area contributed by atoms with Gasteiger partial charge in [-0.1, -0.05) is 6.07 Å². The van der Waals surface area contributed by atoms with Crippen LogP contribution in [-0.4, -0.2) is 29.7 Å². The number of benzene rings is 1. The van der Waals surface area contributed by atoms with Crippen LogP contribution in [0.2, 0.25) is 0 Å². The van der Waals surface area contributed by atoms with Crippen LogP contribution in [0.15, 0.2) is 18.2 Å². The molecule has 2 atom stereocenters. The summed E-state index contributed by atoms with van der Waals surface area (Å²) < 4.78 is 32.9. The van der Waals surface area contributed by atoms with Crippen LogP contribution in [0.3, 0.4) is 0 Å². The van der Waals surface area contributed by atoms with Gasteiger partial charge in [0.25, 0.3) is 0 Å². The number of carbonyl (C=O) groups excluding carboxylic acids is 1. The Morgan fingerprint density at radius 2 is 1.95 bits per heavy atom. The lowest BCUT2D eigenvalue weighted by Crippen LogP contribution is -2.36. The van der Waals surface area contributed by atoms with Gasteiger partial charge < -0.3 is 15.4 Å². The topological polar surface area (TPSA) is 55.6 Å². The van der Waals surface area contributed by atoms with Crippen molar-refractivity contribution in [2.45, 2.75) is 38.8 Å². The number of hydrogen-bond donors (Lipinski definition) is 1. The second kappa shape index (κ2) is 6.20. The molecule has 4 nitrogen and oxygen atoms in total. The average molecular weight is 312 g/mol. The Bertz CT molecular complexity index is 537. The van der Waals surface area contributed by atoms with E-state index in [-0.39, 0.29) is 11.5 Å². The summed E-state index contributed by atoms with van der Waals surface area (Å²) in [6.45, 7) is 6.18. The van der Waals surface area contributed by atoms with Gasteiger partial charge in [-0.05, 0) is 45.2 Å².